The van der Waals surface area contributed by atoms with Crippen molar-refractivity contribution in [2.45, 2.75) is 37.6 Å². The molecule has 0 aliphatic carbocycles. The fourth-order valence-electron chi connectivity index (χ4n) is 3.50. The van der Waals surface area contributed by atoms with Crippen LogP contribution in [0.1, 0.15) is 30.4 Å². The monoisotopic (exact) mass is 472 g/mol. The maximum absolute atomic E-state index is 13.0. The number of hydrogen-bond donors (Lipinski definition) is 3. The third-order valence-corrected chi connectivity index (χ3v) is 7.36. The van der Waals surface area contributed by atoms with Gasteiger partial charge in [0, 0.05) is 25.3 Å². The van der Waals surface area contributed by atoms with Gasteiger partial charge in [0.2, 0.25) is 15.9 Å². The van der Waals surface area contributed by atoms with E-state index in [4.69, 9.17) is 0 Å². The van der Waals surface area contributed by atoms with Gasteiger partial charge in [-0.05, 0) is 43.0 Å². The third kappa shape index (κ3) is 6.62. The molecule has 0 saturated carbocycles. The summed E-state index contributed by atoms with van der Waals surface area (Å²) in [5.41, 5.74) is 1.72. The molecule has 1 heterocycles. The summed E-state index contributed by atoms with van der Waals surface area (Å²) < 4.78 is 27.5. The Morgan fingerprint density at radius 3 is 2.27 bits per heavy atom. The first-order valence-corrected chi connectivity index (χ1v) is 12.2. The van der Waals surface area contributed by atoms with E-state index in [9.17, 15) is 22.8 Å². The number of amides is 3. The van der Waals surface area contributed by atoms with E-state index in [-0.39, 0.29) is 11.4 Å². The van der Waals surface area contributed by atoms with Gasteiger partial charge >= 0.3 is 11.8 Å². The van der Waals surface area contributed by atoms with Gasteiger partial charge < -0.3 is 16.0 Å². The molecule has 0 bridgehead atoms. The van der Waals surface area contributed by atoms with Crippen LogP contribution in [-0.2, 0) is 31.0 Å². The van der Waals surface area contributed by atoms with E-state index in [2.05, 4.69) is 16.0 Å². The molecule has 0 aromatic heterocycles. The Morgan fingerprint density at radius 1 is 0.909 bits per heavy atom. The summed E-state index contributed by atoms with van der Waals surface area (Å²) in [5.74, 6) is -2.36. The van der Waals surface area contributed by atoms with Crippen molar-refractivity contribution in [3.05, 3.63) is 59.7 Å². The predicted molar refractivity (Wildman–Crippen MR) is 124 cm³/mol. The lowest BCUT2D eigenvalue weighted by Crippen LogP contribution is -2.42. The van der Waals surface area contributed by atoms with Gasteiger partial charge in [-0.25, -0.2) is 8.42 Å². The van der Waals surface area contributed by atoms with Gasteiger partial charge in [-0.1, -0.05) is 42.8 Å². The van der Waals surface area contributed by atoms with E-state index < -0.39 is 34.3 Å². The van der Waals surface area contributed by atoms with Crippen molar-refractivity contribution in [2.24, 2.45) is 0 Å². The molecule has 176 valence electrons. The second-order valence-electron chi connectivity index (χ2n) is 7.84. The zero-order valence-electron chi connectivity index (χ0n) is 18.5. The minimum Gasteiger partial charge on any atom is -0.344 e. The second-order valence-corrected chi connectivity index (χ2v) is 9.75. The number of anilines is 1. The molecule has 33 heavy (non-hydrogen) atoms. The fourth-order valence-corrected chi connectivity index (χ4v) is 5.27. The topological polar surface area (TPSA) is 125 Å². The summed E-state index contributed by atoms with van der Waals surface area (Å²) in [5, 5.41) is 7.31. The Bertz CT molecular complexity index is 1110. The third-order valence-electron chi connectivity index (χ3n) is 5.32. The lowest BCUT2D eigenvalue weighted by atomic mass is 10.2. The molecule has 1 aliphatic heterocycles. The summed E-state index contributed by atoms with van der Waals surface area (Å²) in [7, 11) is -3.66. The summed E-state index contributed by atoms with van der Waals surface area (Å²) in [4.78, 5) is 36.2. The van der Waals surface area contributed by atoms with Crippen molar-refractivity contribution in [1.29, 1.82) is 0 Å². The SMILES string of the molecule is Cc1ccc(NC(=O)CNC(=O)C(=O)NCc2ccccc2)cc1S(=O)(=O)N1CCCCC1. The number of carbonyl (C=O) groups is 3. The Labute approximate surface area is 193 Å². The summed E-state index contributed by atoms with van der Waals surface area (Å²) in [6.45, 7) is 2.43. The first-order valence-electron chi connectivity index (χ1n) is 10.8. The Kier molecular flexibility index (Phi) is 8.18. The standard InChI is InChI=1S/C23H28N4O5S/c1-17-10-11-19(14-20(17)33(31,32)27-12-6-3-7-13-27)26-21(28)16-25-23(30)22(29)24-15-18-8-4-2-5-9-18/h2,4-5,8-11,14H,3,6-7,12-13,15-16H2,1H3,(H,24,29)(H,25,30)(H,26,28). The minimum atomic E-state index is -3.66. The van der Waals surface area contributed by atoms with Crippen LogP contribution < -0.4 is 16.0 Å². The first-order chi connectivity index (χ1) is 15.8. The number of sulfonamides is 1. The minimum absolute atomic E-state index is 0.145. The van der Waals surface area contributed by atoms with Crippen LogP contribution in [-0.4, -0.2) is 50.1 Å². The predicted octanol–water partition coefficient (Wildman–Crippen LogP) is 1.54. The van der Waals surface area contributed by atoms with Crippen molar-refractivity contribution in [3.63, 3.8) is 0 Å². The smallest absolute Gasteiger partial charge is 0.309 e. The van der Waals surface area contributed by atoms with Crippen LogP contribution in [0.2, 0.25) is 0 Å². The molecular formula is C23H28N4O5S. The Hall–Kier alpha value is -3.24. The fraction of sp³-hybridized carbons (Fsp3) is 0.348. The number of benzene rings is 2. The van der Waals surface area contributed by atoms with E-state index >= 15 is 0 Å². The van der Waals surface area contributed by atoms with E-state index in [1.54, 1.807) is 19.1 Å². The lowest BCUT2D eigenvalue weighted by Gasteiger charge is -2.26. The Balaban J connectivity index is 1.54. The average Bonchev–Trinajstić information content (AvgIpc) is 2.83. The molecule has 0 radical (unpaired) electrons. The van der Waals surface area contributed by atoms with Gasteiger partial charge in [-0.3, -0.25) is 14.4 Å². The molecule has 2 aromatic rings. The maximum Gasteiger partial charge on any atom is 0.309 e. The van der Waals surface area contributed by atoms with Gasteiger partial charge in [0.1, 0.15) is 0 Å². The molecule has 3 rings (SSSR count). The second kappa shape index (κ2) is 11.1. The molecule has 1 fully saturated rings. The molecule has 0 spiro atoms. The number of rotatable bonds is 7. The highest BCUT2D eigenvalue weighted by atomic mass is 32.2. The molecule has 1 aliphatic rings. The number of carbonyl (C=O) groups excluding carboxylic acids is 3. The normalized spacial score (nSPS) is 14.3. The van der Waals surface area contributed by atoms with Crippen molar-refractivity contribution < 1.29 is 22.8 Å². The first kappa shape index (κ1) is 24.4. The number of piperidine rings is 1. The zero-order chi connectivity index (χ0) is 23.8. The van der Waals surface area contributed by atoms with Crippen LogP contribution in [0.4, 0.5) is 5.69 Å². The quantitative estimate of drug-likeness (QED) is 0.527. The number of aryl methyl sites for hydroxylation is 1. The van der Waals surface area contributed by atoms with Gasteiger partial charge in [0.25, 0.3) is 0 Å². The zero-order valence-corrected chi connectivity index (χ0v) is 19.3. The molecule has 9 nitrogen and oxygen atoms in total. The van der Waals surface area contributed by atoms with Crippen LogP contribution in [0.25, 0.3) is 0 Å². The Morgan fingerprint density at radius 2 is 1.58 bits per heavy atom. The molecule has 10 heteroatoms. The number of hydrogen-bond acceptors (Lipinski definition) is 5. The molecule has 1 saturated heterocycles. The maximum atomic E-state index is 13.0. The van der Waals surface area contributed by atoms with Gasteiger partial charge in [0.15, 0.2) is 0 Å². The number of nitrogens with zero attached hydrogens (tertiary/aromatic N) is 1. The summed E-state index contributed by atoms with van der Waals surface area (Å²) in [6, 6.07) is 13.8. The summed E-state index contributed by atoms with van der Waals surface area (Å²) in [6.07, 6.45) is 2.66. The highest BCUT2D eigenvalue weighted by Gasteiger charge is 2.27. The molecule has 3 amide bonds. The van der Waals surface area contributed by atoms with Crippen molar-refractivity contribution in [1.82, 2.24) is 14.9 Å². The van der Waals surface area contributed by atoms with E-state index in [0.29, 0.717) is 24.3 Å². The van der Waals surface area contributed by atoms with Crippen LogP contribution in [0.5, 0.6) is 0 Å². The van der Waals surface area contributed by atoms with E-state index in [1.165, 1.54) is 10.4 Å². The van der Waals surface area contributed by atoms with Gasteiger partial charge in [-0.15, -0.1) is 0 Å². The highest BCUT2D eigenvalue weighted by molar-refractivity contribution is 7.89. The molecular weight excluding hydrogens is 444 g/mol. The van der Waals surface area contributed by atoms with E-state index in [0.717, 1.165) is 24.8 Å². The molecule has 3 N–H and O–H groups in total. The molecule has 0 atom stereocenters. The van der Waals surface area contributed by atoms with Crippen LogP contribution in [0.15, 0.2) is 53.4 Å². The summed E-state index contributed by atoms with van der Waals surface area (Å²) >= 11 is 0. The molecule has 2 aromatic carbocycles. The van der Waals surface area contributed by atoms with Gasteiger partial charge in [0.05, 0.1) is 11.4 Å². The largest absolute Gasteiger partial charge is 0.344 e. The van der Waals surface area contributed by atoms with Crippen molar-refractivity contribution in [2.75, 3.05) is 25.0 Å². The highest BCUT2D eigenvalue weighted by Crippen LogP contribution is 2.26. The van der Waals surface area contributed by atoms with E-state index in [1.807, 2.05) is 30.3 Å². The van der Waals surface area contributed by atoms with Crippen molar-refractivity contribution in [3.8, 4) is 0 Å². The number of nitrogens with one attached hydrogen (secondary N) is 3. The average molecular weight is 473 g/mol. The lowest BCUT2D eigenvalue weighted by molar-refractivity contribution is -0.139. The van der Waals surface area contributed by atoms with Crippen LogP contribution in [0.3, 0.4) is 0 Å². The molecule has 0 unspecified atom stereocenters. The van der Waals surface area contributed by atoms with Gasteiger partial charge in [-0.2, -0.15) is 4.31 Å². The van der Waals surface area contributed by atoms with Crippen LogP contribution >= 0.6 is 0 Å². The van der Waals surface area contributed by atoms with Crippen LogP contribution in [0, 0.1) is 6.92 Å². The van der Waals surface area contributed by atoms with Crippen molar-refractivity contribution >= 4 is 33.4 Å².